The van der Waals surface area contributed by atoms with E-state index < -0.39 is 49.5 Å². The quantitative estimate of drug-likeness (QED) is 0.304. The van der Waals surface area contributed by atoms with Gasteiger partial charge in [-0.2, -0.15) is 0 Å². The van der Waals surface area contributed by atoms with E-state index >= 15 is 0 Å². The highest BCUT2D eigenvalue weighted by Crippen LogP contribution is 2.22. The van der Waals surface area contributed by atoms with Gasteiger partial charge < -0.3 is 40.3 Å². The maximum atomic E-state index is 9.61. The van der Waals surface area contributed by atoms with Gasteiger partial charge in [-0.05, 0) is 0 Å². The molecule has 106 valence electrons. The summed E-state index contributed by atoms with van der Waals surface area (Å²) in [7, 11) is 0. The van der Waals surface area contributed by atoms with Crippen molar-refractivity contribution in [3.8, 4) is 0 Å². The molecule has 2 rings (SSSR count). The van der Waals surface area contributed by atoms with Crippen molar-refractivity contribution in [2.24, 2.45) is 0 Å². The third-order valence-electron chi connectivity index (χ3n) is 3.33. The first-order valence-corrected chi connectivity index (χ1v) is 5.88. The van der Waals surface area contributed by atoms with E-state index in [1.165, 1.54) is 0 Å². The van der Waals surface area contributed by atoms with Gasteiger partial charge in [0.25, 0.3) is 0 Å². The zero-order valence-electron chi connectivity index (χ0n) is 9.72. The van der Waals surface area contributed by atoms with E-state index in [1.807, 2.05) is 0 Å². The van der Waals surface area contributed by atoms with Crippen LogP contribution in [0.25, 0.3) is 0 Å². The summed E-state index contributed by atoms with van der Waals surface area (Å²) in [6, 6.07) is -0.457. The van der Waals surface area contributed by atoms with Crippen molar-refractivity contribution >= 4 is 0 Å². The number of rotatable bonds is 4. The Morgan fingerprint density at radius 3 is 2.33 bits per heavy atom. The molecule has 7 atom stereocenters. The van der Waals surface area contributed by atoms with Crippen LogP contribution in [0.3, 0.4) is 0 Å². The molecule has 0 bridgehead atoms. The van der Waals surface area contributed by atoms with Crippen molar-refractivity contribution in [1.82, 2.24) is 5.32 Å². The number of ether oxygens (including phenoxy) is 2. The zero-order chi connectivity index (χ0) is 13.3. The van der Waals surface area contributed by atoms with Crippen molar-refractivity contribution in [1.29, 1.82) is 0 Å². The standard InChI is InChI=1S/C10H19NO7/c12-2-6-8(15)9(16)10(18-6)17-3-4-7(14)5(13)1-11-4/h4-16H,1-3H2/t4-,5-,6-,7-,8-,9+,10+/m0/s1. The Hall–Kier alpha value is -0.320. The van der Waals surface area contributed by atoms with Crippen LogP contribution in [0, 0.1) is 0 Å². The molecular weight excluding hydrogens is 246 g/mol. The second-order valence-corrected chi connectivity index (χ2v) is 4.61. The van der Waals surface area contributed by atoms with Gasteiger partial charge >= 0.3 is 0 Å². The molecule has 0 amide bonds. The monoisotopic (exact) mass is 265 g/mol. The van der Waals surface area contributed by atoms with Gasteiger partial charge in [0.15, 0.2) is 6.29 Å². The summed E-state index contributed by atoms with van der Waals surface area (Å²) in [6.07, 6.45) is -6.16. The first kappa shape index (κ1) is 14.1. The number of hydrogen-bond acceptors (Lipinski definition) is 8. The number of hydrogen-bond donors (Lipinski definition) is 6. The third kappa shape index (κ3) is 2.65. The van der Waals surface area contributed by atoms with Gasteiger partial charge in [0.05, 0.1) is 31.5 Å². The van der Waals surface area contributed by atoms with Crippen LogP contribution in [0.15, 0.2) is 0 Å². The van der Waals surface area contributed by atoms with E-state index in [9.17, 15) is 20.4 Å². The highest BCUT2D eigenvalue weighted by Gasteiger charge is 2.44. The van der Waals surface area contributed by atoms with Crippen molar-refractivity contribution in [2.75, 3.05) is 19.8 Å². The first-order valence-electron chi connectivity index (χ1n) is 5.88. The van der Waals surface area contributed by atoms with Crippen molar-refractivity contribution in [3.05, 3.63) is 0 Å². The molecule has 2 heterocycles. The van der Waals surface area contributed by atoms with E-state index in [2.05, 4.69) is 5.32 Å². The van der Waals surface area contributed by atoms with Gasteiger partial charge in [0.1, 0.15) is 18.3 Å². The third-order valence-corrected chi connectivity index (χ3v) is 3.33. The minimum Gasteiger partial charge on any atom is -0.394 e. The molecule has 0 aromatic carbocycles. The maximum Gasteiger partial charge on any atom is 0.186 e. The van der Waals surface area contributed by atoms with Crippen LogP contribution < -0.4 is 5.32 Å². The lowest BCUT2D eigenvalue weighted by atomic mass is 10.1. The summed E-state index contributed by atoms with van der Waals surface area (Å²) >= 11 is 0. The van der Waals surface area contributed by atoms with Crippen LogP contribution in [-0.2, 0) is 9.47 Å². The van der Waals surface area contributed by atoms with Crippen molar-refractivity contribution < 1.29 is 35.0 Å². The molecule has 2 fully saturated rings. The Morgan fingerprint density at radius 2 is 1.83 bits per heavy atom. The summed E-state index contributed by atoms with van der Waals surface area (Å²) in [4.78, 5) is 0. The Kier molecular flexibility index (Phi) is 4.51. The molecule has 0 aromatic rings. The molecule has 8 nitrogen and oxygen atoms in total. The van der Waals surface area contributed by atoms with Gasteiger partial charge in [-0.25, -0.2) is 0 Å². The van der Waals surface area contributed by atoms with Crippen molar-refractivity contribution in [3.63, 3.8) is 0 Å². The Bertz CT molecular complexity index is 279. The molecule has 2 aliphatic heterocycles. The molecule has 0 aromatic heterocycles. The molecule has 8 heteroatoms. The van der Waals surface area contributed by atoms with E-state index in [0.29, 0.717) is 0 Å². The molecule has 6 N–H and O–H groups in total. The molecule has 2 saturated heterocycles. The lowest BCUT2D eigenvalue weighted by molar-refractivity contribution is -0.175. The van der Waals surface area contributed by atoms with Gasteiger partial charge in [-0.15, -0.1) is 0 Å². The van der Waals surface area contributed by atoms with E-state index in [-0.39, 0.29) is 13.2 Å². The summed E-state index contributed by atoms with van der Waals surface area (Å²) < 4.78 is 10.4. The molecule has 0 aliphatic carbocycles. The molecule has 2 aliphatic rings. The van der Waals surface area contributed by atoms with E-state index in [0.717, 1.165) is 0 Å². The number of aliphatic hydroxyl groups is 5. The van der Waals surface area contributed by atoms with Crippen molar-refractivity contribution in [2.45, 2.75) is 42.9 Å². The second-order valence-electron chi connectivity index (χ2n) is 4.61. The number of β-amino-alcohol motifs (C(OH)–C–C–N with tert-alkyl or cyclic N) is 1. The van der Waals surface area contributed by atoms with Gasteiger partial charge in [0, 0.05) is 6.54 Å². The van der Waals surface area contributed by atoms with E-state index in [1.54, 1.807) is 0 Å². The van der Waals surface area contributed by atoms with Crippen LogP contribution in [0.1, 0.15) is 0 Å². The fraction of sp³-hybridized carbons (Fsp3) is 1.00. The van der Waals surface area contributed by atoms with Crippen LogP contribution >= 0.6 is 0 Å². The average molecular weight is 265 g/mol. The molecule has 0 unspecified atom stereocenters. The van der Waals surface area contributed by atoms with Crippen LogP contribution in [0.4, 0.5) is 0 Å². The largest absolute Gasteiger partial charge is 0.394 e. The second kappa shape index (κ2) is 5.76. The molecule has 0 spiro atoms. The molecular formula is C10H19NO7. The highest BCUT2D eigenvalue weighted by molar-refractivity contribution is 4.91. The summed E-state index contributed by atoms with van der Waals surface area (Å²) in [5.41, 5.74) is 0. The Morgan fingerprint density at radius 1 is 1.11 bits per heavy atom. The van der Waals surface area contributed by atoms with Gasteiger partial charge in [-0.3, -0.25) is 0 Å². The zero-order valence-corrected chi connectivity index (χ0v) is 9.72. The van der Waals surface area contributed by atoms with Crippen LogP contribution in [-0.4, -0.2) is 88.1 Å². The topological polar surface area (TPSA) is 132 Å². The summed E-state index contributed by atoms with van der Waals surface area (Å²) in [6.45, 7) is -0.128. The number of aliphatic hydroxyl groups excluding tert-OH is 5. The molecule has 0 radical (unpaired) electrons. The lowest BCUT2D eigenvalue weighted by Crippen LogP contribution is -2.40. The lowest BCUT2D eigenvalue weighted by Gasteiger charge is -2.20. The smallest absolute Gasteiger partial charge is 0.186 e. The molecule has 0 saturated carbocycles. The average Bonchev–Trinajstić information content (AvgIpc) is 2.82. The normalized spacial score (nSPS) is 48.8. The minimum atomic E-state index is -1.24. The Balaban J connectivity index is 1.81. The summed E-state index contributed by atoms with van der Waals surface area (Å²) in [5.74, 6) is 0. The maximum absolute atomic E-state index is 9.61. The Labute approximate surface area is 104 Å². The molecule has 18 heavy (non-hydrogen) atoms. The number of nitrogens with one attached hydrogen (secondary N) is 1. The van der Waals surface area contributed by atoms with E-state index in [4.69, 9.17) is 14.6 Å². The van der Waals surface area contributed by atoms with Crippen LogP contribution in [0.2, 0.25) is 0 Å². The predicted molar refractivity (Wildman–Crippen MR) is 57.5 cm³/mol. The minimum absolute atomic E-state index is 0.0187. The van der Waals surface area contributed by atoms with Gasteiger partial charge in [-0.1, -0.05) is 0 Å². The van der Waals surface area contributed by atoms with Gasteiger partial charge in [0.2, 0.25) is 0 Å². The summed E-state index contributed by atoms with van der Waals surface area (Å²) in [5, 5.41) is 49.7. The fourth-order valence-corrected chi connectivity index (χ4v) is 2.14. The SMILES string of the molecule is OC[C@@H]1O[C@@H](OC[C@@H]2NC[C@H](O)[C@H]2O)[C@H](O)[C@H]1O. The fourth-order valence-electron chi connectivity index (χ4n) is 2.14. The first-order chi connectivity index (χ1) is 8.54. The van der Waals surface area contributed by atoms with Crippen LogP contribution in [0.5, 0.6) is 0 Å². The predicted octanol–water partition coefficient (Wildman–Crippen LogP) is -3.86. The highest BCUT2D eigenvalue weighted by atomic mass is 16.7.